The zero-order valence-corrected chi connectivity index (χ0v) is 13.9. The molecule has 0 spiro atoms. The molecule has 126 valence electrons. The molecule has 1 aromatic heterocycles. The van der Waals surface area contributed by atoms with Crippen molar-refractivity contribution in [1.82, 2.24) is 9.97 Å². The minimum atomic E-state index is -1.01. The van der Waals surface area contributed by atoms with E-state index in [-0.39, 0.29) is 11.7 Å². The molecular weight excluding hydrogens is 306 g/mol. The van der Waals surface area contributed by atoms with Gasteiger partial charge in [-0.05, 0) is 31.0 Å². The summed E-state index contributed by atoms with van der Waals surface area (Å²) < 4.78 is 6.16. The van der Waals surface area contributed by atoms with Gasteiger partial charge < -0.3 is 14.7 Å². The minimum Gasteiger partial charge on any atom is -0.490 e. The van der Waals surface area contributed by atoms with Crippen molar-refractivity contribution in [3.8, 4) is 5.75 Å². The van der Waals surface area contributed by atoms with E-state index >= 15 is 0 Å². The first kappa shape index (κ1) is 16.2. The Hall–Kier alpha value is -2.63. The molecule has 2 aromatic rings. The molecule has 0 amide bonds. The maximum absolute atomic E-state index is 10.8. The standard InChI is InChI=1S/C18H21N3O3/c1-12-3-4-13(2)16(9-12)24-15-5-7-21(8-6-15)18-19-10-14(11-20-18)17(22)23/h3-4,9-11,15H,5-8H2,1-2H3,(H,22,23). The molecule has 2 heterocycles. The van der Waals surface area contributed by atoms with Gasteiger partial charge in [0.1, 0.15) is 11.9 Å². The van der Waals surface area contributed by atoms with Crippen molar-refractivity contribution < 1.29 is 14.6 Å². The van der Waals surface area contributed by atoms with Crippen LogP contribution in [0.5, 0.6) is 5.75 Å². The number of aromatic nitrogens is 2. The molecule has 3 rings (SSSR count). The van der Waals surface area contributed by atoms with E-state index in [1.165, 1.54) is 18.0 Å². The fourth-order valence-corrected chi connectivity index (χ4v) is 2.78. The third-order valence-electron chi connectivity index (χ3n) is 4.25. The van der Waals surface area contributed by atoms with Gasteiger partial charge in [-0.2, -0.15) is 0 Å². The molecule has 24 heavy (non-hydrogen) atoms. The Kier molecular flexibility index (Phi) is 4.64. The average Bonchev–Trinajstić information content (AvgIpc) is 2.59. The zero-order valence-electron chi connectivity index (χ0n) is 13.9. The molecular formula is C18H21N3O3. The largest absolute Gasteiger partial charge is 0.490 e. The summed E-state index contributed by atoms with van der Waals surface area (Å²) in [5.41, 5.74) is 2.45. The zero-order chi connectivity index (χ0) is 17.1. The molecule has 0 aliphatic carbocycles. The lowest BCUT2D eigenvalue weighted by Gasteiger charge is -2.32. The van der Waals surface area contributed by atoms with E-state index in [9.17, 15) is 4.79 Å². The second-order valence-electron chi connectivity index (χ2n) is 6.15. The maximum atomic E-state index is 10.8. The highest BCUT2D eigenvalue weighted by Crippen LogP contribution is 2.24. The summed E-state index contributed by atoms with van der Waals surface area (Å²) in [6, 6.07) is 6.25. The summed E-state index contributed by atoms with van der Waals surface area (Å²) >= 11 is 0. The molecule has 6 heteroatoms. The molecule has 1 aromatic carbocycles. The summed E-state index contributed by atoms with van der Waals surface area (Å²) in [6.45, 7) is 5.71. The highest BCUT2D eigenvalue weighted by atomic mass is 16.5. The second-order valence-corrected chi connectivity index (χ2v) is 6.15. The van der Waals surface area contributed by atoms with Crippen molar-refractivity contribution in [3.63, 3.8) is 0 Å². The van der Waals surface area contributed by atoms with Gasteiger partial charge >= 0.3 is 5.97 Å². The van der Waals surface area contributed by atoms with E-state index in [0.717, 1.165) is 37.2 Å². The van der Waals surface area contributed by atoms with E-state index in [2.05, 4.69) is 46.9 Å². The monoisotopic (exact) mass is 327 g/mol. The van der Waals surface area contributed by atoms with Crippen LogP contribution < -0.4 is 9.64 Å². The third kappa shape index (κ3) is 3.64. The lowest BCUT2D eigenvalue weighted by molar-refractivity contribution is 0.0696. The predicted octanol–water partition coefficient (Wildman–Crippen LogP) is 2.84. The van der Waals surface area contributed by atoms with Crippen molar-refractivity contribution in [2.45, 2.75) is 32.8 Å². The normalized spacial score (nSPS) is 15.3. The number of nitrogens with zero attached hydrogens (tertiary/aromatic N) is 3. The Morgan fingerprint density at radius 2 is 1.88 bits per heavy atom. The number of carboxylic acids is 1. The van der Waals surface area contributed by atoms with E-state index in [4.69, 9.17) is 9.84 Å². The van der Waals surface area contributed by atoms with Gasteiger partial charge in [-0.1, -0.05) is 12.1 Å². The minimum absolute atomic E-state index is 0.104. The Labute approximate surface area is 141 Å². The van der Waals surface area contributed by atoms with Crippen LogP contribution in [0.2, 0.25) is 0 Å². The topological polar surface area (TPSA) is 75.5 Å². The van der Waals surface area contributed by atoms with Crippen LogP contribution in [0.15, 0.2) is 30.6 Å². The number of hydrogen-bond acceptors (Lipinski definition) is 5. The lowest BCUT2D eigenvalue weighted by Crippen LogP contribution is -2.39. The van der Waals surface area contributed by atoms with Crippen LogP contribution in [0.25, 0.3) is 0 Å². The number of piperidine rings is 1. The van der Waals surface area contributed by atoms with Gasteiger partial charge in [0.2, 0.25) is 5.95 Å². The van der Waals surface area contributed by atoms with Gasteiger partial charge in [-0.3, -0.25) is 0 Å². The quantitative estimate of drug-likeness (QED) is 0.930. The fourth-order valence-electron chi connectivity index (χ4n) is 2.78. The van der Waals surface area contributed by atoms with Crippen LogP contribution in [0.3, 0.4) is 0 Å². The van der Waals surface area contributed by atoms with Crippen LogP contribution in [0.1, 0.15) is 34.3 Å². The van der Waals surface area contributed by atoms with Crippen molar-refractivity contribution in [1.29, 1.82) is 0 Å². The van der Waals surface area contributed by atoms with Crippen LogP contribution in [0.4, 0.5) is 5.95 Å². The molecule has 0 atom stereocenters. The molecule has 6 nitrogen and oxygen atoms in total. The summed E-state index contributed by atoms with van der Waals surface area (Å²) in [4.78, 5) is 21.2. The molecule has 1 fully saturated rings. The van der Waals surface area contributed by atoms with Crippen LogP contribution in [-0.2, 0) is 0 Å². The van der Waals surface area contributed by atoms with Gasteiger partial charge in [0, 0.05) is 38.3 Å². The highest BCUT2D eigenvalue weighted by molar-refractivity contribution is 5.86. The number of rotatable bonds is 4. The van der Waals surface area contributed by atoms with Crippen LogP contribution in [0, 0.1) is 13.8 Å². The third-order valence-corrected chi connectivity index (χ3v) is 4.25. The van der Waals surface area contributed by atoms with Gasteiger partial charge in [0.25, 0.3) is 0 Å². The summed E-state index contributed by atoms with van der Waals surface area (Å²) in [5.74, 6) is 0.517. The number of aromatic carboxylic acids is 1. The summed E-state index contributed by atoms with van der Waals surface area (Å²) in [5, 5.41) is 8.89. The highest BCUT2D eigenvalue weighted by Gasteiger charge is 2.23. The average molecular weight is 327 g/mol. The first-order valence-electron chi connectivity index (χ1n) is 8.07. The predicted molar refractivity (Wildman–Crippen MR) is 90.8 cm³/mol. The molecule has 0 radical (unpaired) electrons. The molecule has 0 saturated carbocycles. The number of hydrogen-bond donors (Lipinski definition) is 1. The molecule has 0 unspecified atom stereocenters. The Balaban J connectivity index is 1.59. The van der Waals surface area contributed by atoms with Gasteiger partial charge in [-0.25, -0.2) is 14.8 Å². The Morgan fingerprint density at radius 3 is 2.50 bits per heavy atom. The maximum Gasteiger partial charge on any atom is 0.338 e. The van der Waals surface area contributed by atoms with Crippen molar-refractivity contribution in [2.75, 3.05) is 18.0 Å². The van der Waals surface area contributed by atoms with Gasteiger partial charge in [0.05, 0.1) is 5.56 Å². The number of carboxylic acid groups (broad SMARTS) is 1. The van der Waals surface area contributed by atoms with E-state index in [1.54, 1.807) is 0 Å². The number of benzene rings is 1. The molecule has 1 saturated heterocycles. The summed E-state index contributed by atoms with van der Waals surface area (Å²) in [7, 11) is 0. The smallest absolute Gasteiger partial charge is 0.338 e. The van der Waals surface area contributed by atoms with Gasteiger partial charge in [0.15, 0.2) is 0 Å². The van der Waals surface area contributed by atoms with Crippen molar-refractivity contribution in [3.05, 3.63) is 47.3 Å². The van der Waals surface area contributed by atoms with Crippen LogP contribution in [-0.4, -0.2) is 40.2 Å². The van der Waals surface area contributed by atoms with Gasteiger partial charge in [-0.15, -0.1) is 0 Å². The SMILES string of the molecule is Cc1ccc(C)c(OC2CCN(c3ncc(C(=O)O)cn3)CC2)c1. The summed E-state index contributed by atoms with van der Waals surface area (Å²) in [6.07, 6.45) is 4.65. The number of ether oxygens (including phenoxy) is 1. The molecule has 0 bridgehead atoms. The van der Waals surface area contributed by atoms with E-state index < -0.39 is 5.97 Å². The fraction of sp³-hybridized carbons (Fsp3) is 0.389. The molecule has 1 aliphatic heterocycles. The van der Waals surface area contributed by atoms with Crippen molar-refractivity contribution in [2.24, 2.45) is 0 Å². The molecule has 1 N–H and O–H groups in total. The number of aryl methyl sites for hydroxylation is 2. The Bertz CT molecular complexity index is 723. The number of anilines is 1. The van der Waals surface area contributed by atoms with Crippen molar-refractivity contribution >= 4 is 11.9 Å². The first-order valence-corrected chi connectivity index (χ1v) is 8.07. The first-order chi connectivity index (χ1) is 11.5. The lowest BCUT2D eigenvalue weighted by atomic mass is 10.1. The van der Waals surface area contributed by atoms with E-state index in [0.29, 0.717) is 5.95 Å². The Morgan fingerprint density at radius 1 is 1.21 bits per heavy atom. The van der Waals surface area contributed by atoms with E-state index in [1.807, 2.05) is 0 Å². The van der Waals surface area contributed by atoms with Crippen LogP contribution >= 0.6 is 0 Å². The number of carbonyl (C=O) groups is 1. The molecule has 1 aliphatic rings. The second kappa shape index (κ2) is 6.86.